The van der Waals surface area contributed by atoms with Crippen molar-refractivity contribution in [3.63, 3.8) is 0 Å². The Morgan fingerprint density at radius 2 is 1.86 bits per heavy atom. The van der Waals surface area contributed by atoms with Crippen LogP contribution in [0.15, 0.2) is 18.2 Å². The van der Waals surface area contributed by atoms with Crippen molar-refractivity contribution in [2.45, 2.75) is 58.0 Å². The van der Waals surface area contributed by atoms with Crippen LogP contribution in [0, 0.1) is 5.82 Å². The van der Waals surface area contributed by atoms with Crippen molar-refractivity contribution >= 4 is 23.2 Å². The van der Waals surface area contributed by atoms with E-state index in [4.69, 9.17) is 0 Å². The number of anilines is 2. The van der Waals surface area contributed by atoms with Crippen molar-refractivity contribution < 1.29 is 14.0 Å². The summed E-state index contributed by atoms with van der Waals surface area (Å²) >= 11 is 0. The first-order valence-corrected chi connectivity index (χ1v) is 9.97. The zero-order chi connectivity index (χ0) is 20.9. The van der Waals surface area contributed by atoms with Gasteiger partial charge in [-0.3, -0.25) is 9.59 Å². The van der Waals surface area contributed by atoms with Crippen LogP contribution in [0.25, 0.3) is 0 Å². The van der Waals surface area contributed by atoms with Gasteiger partial charge < -0.3 is 20.4 Å². The molecule has 0 bridgehead atoms. The Balaban J connectivity index is 1.97. The molecule has 1 saturated heterocycles. The molecule has 2 N–H and O–H groups in total. The molecule has 1 fully saturated rings. The van der Waals surface area contributed by atoms with Crippen LogP contribution in [0.3, 0.4) is 0 Å². The third-order valence-electron chi connectivity index (χ3n) is 5.27. The predicted molar refractivity (Wildman–Crippen MR) is 111 cm³/mol. The van der Waals surface area contributed by atoms with Crippen LogP contribution in [0.4, 0.5) is 15.8 Å². The molecule has 0 atom stereocenters. The topological polar surface area (TPSA) is 64.7 Å². The molecule has 1 aromatic carbocycles. The third-order valence-corrected chi connectivity index (χ3v) is 5.27. The molecule has 0 spiro atoms. The molecule has 0 aliphatic carbocycles. The normalized spacial score (nSPS) is 15.6. The lowest BCUT2D eigenvalue weighted by Gasteiger charge is -2.36. The van der Waals surface area contributed by atoms with Gasteiger partial charge in [-0.2, -0.15) is 0 Å². The lowest BCUT2D eigenvalue weighted by molar-refractivity contribution is -0.137. The van der Waals surface area contributed by atoms with Crippen LogP contribution < -0.4 is 15.5 Å². The van der Waals surface area contributed by atoms with Crippen LogP contribution in [-0.4, -0.2) is 55.5 Å². The highest BCUT2D eigenvalue weighted by atomic mass is 19.1. The second kappa shape index (κ2) is 9.37. The molecule has 1 heterocycles. The van der Waals surface area contributed by atoms with Gasteiger partial charge in [0.05, 0.1) is 5.69 Å². The number of rotatable bonds is 6. The number of piperidine rings is 1. The third kappa shape index (κ3) is 5.92. The number of nitrogens with one attached hydrogen (secondary N) is 2. The molecule has 2 amide bonds. The smallest absolute Gasteiger partial charge is 0.313 e. The minimum absolute atomic E-state index is 0.276. The van der Waals surface area contributed by atoms with E-state index >= 15 is 0 Å². The zero-order valence-electron chi connectivity index (χ0n) is 17.6. The molecule has 0 radical (unpaired) electrons. The molecule has 0 aromatic heterocycles. The highest BCUT2D eigenvalue weighted by molar-refractivity contribution is 6.39. The Hall–Kier alpha value is -2.15. The SMILES string of the molecule is CCCC(C)(C)NC(=O)C(=O)Nc1ccc(N2CCC(N(C)C)CC2)c(F)c1. The maximum absolute atomic E-state index is 14.6. The lowest BCUT2D eigenvalue weighted by Crippen LogP contribution is -2.48. The minimum Gasteiger partial charge on any atom is -0.369 e. The van der Waals surface area contributed by atoms with Gasteiger partial charge in [-0.1, -0.05) is 13.3 Å². The van der Waals surface area contributed by atoms with E-state index in [0.29, 0.717) is 11.7 Å². The molecule has 0 unspecified atom stereocenters. The van der Waals surface area contributed by atoms with Gasteiger partial charge in [0.25, 0.3) is 0 Å². The number of carbonyl (C=O) groups is 2. The van der Waals surface area contributed by atoms with Crippen molar-refractivity contribution in [1.29, 1.82) is 0 Å². The number of nitrogens with zero attached hydrogens (tertiary/aromatic N) is 2. The van der Waals surface area contributed by atoms with Gasteiger partial charge in [-0.05, 0) is 65.4 Å². The summed E-state index contributed by atoms with van der Waals surface area (Å²) in [6.45, 7) is 7.34. The first-order chi connectivity index (χ1) is 13.1. The molecule has 1 aromatic rings. The predicted octanol–water partition coefficient (Wildman–Crippen LogP) is 2.99. The van der Waals surface area contributed by atoms with Gasteiger partial charge in [0.1, 0.15) is 5.82 Å². The molecule has 156 valence electrons. The van der Waals surface area contributed by atoms with Crippen LogP contribution in [0.5, 0.6) is 0 Å². The van der Waals surface area contributed by atoms with Crippen LogP contribution in [0.1, 0.15) is 46.5 Å². The lowest BCUT2D eigenvalue weighted by atomic mass is 9.99. The number of halogens is 1. The zero-order valence-corrected chi connectivity index (χ0v) is 17.6. The minimum atomic E-state index is -0.789. The number of hydrogen-bond acceptors (Lipinski definition) is 4. The molecule has 6 nitrogen and oxygen atoms in total. The van der Waals surface area contributed by atoms with Gasteiger partial charge in [-0.15, -0.1) is 0 Å². The molecule has 1 aliphatic heterocycles. The highest BCUT2D eigenvalue weighted by Crippen LogP contribution is 2.26. The second-order valence-electron chi connectivity index (χ2n) is 8.39. The van der Waals surface area contributed by atoms with E-state index in [1.165, 1.54) is 6.07 Å². The first-order valence-electron chi connectivity index (χ1n) is 9.97. The van der Waals surface area contributed by atoms with Gasteiger partial charge in [0.2, 0.25) is 0 Å². The summed E-state index contributed by atoms with van der Waals surface area (Å²) in [5.41, 5.74) is 0.346. The number of amides is 2. The second-order valence-corrected chi connectivity index (χ2v) is 8.39. The van der Waals surface area contributed by atoms with Gasteiger partial charge in [0.15, 0.2) is 0 Å². The van der Waals surface area contributed by atoms with Crippen molar-refractivity contribution in [2.75, 3.05) is 37.4 Å². The van der Waals surface area contributed by atoms with E-state index in [-0.39, 0.29) is 5.69 Å². The maximum atomic E-state index is 14.6. The molecule has 28 heavy (non-hydrogen) atoms. The Morgan fingerprint density at radius 1 is 1.21 bits per heavy atom. The van der Waals surface area contributed by atoms with Gasteiger partial charge in [0, 0.05) is 30.4 Å². The molecule has 0 saturated carbocycles. The summed E-state index contributed by atoms with van der Waals surface area (Å²) in [7, 11) is 4.13. The fourth-order valence-electron chi connectivity index (χ4n) is 3.70. The van der Waals surface area contributed by atoms with E-state index in [2.05, 4.69) is 29.6 Å². The summed E-state index contributed by atoms with van der Waals surface area (Å²) in [4.78, 5) is 28.5. The monoisotopic (exact) mass is 392 g/mol. The molecule has 2 rings (SSSR count). The van der Waals surface area contributed by atoms with Crippen LogP contribution in [0.2, 0.25) is 0 Å². The van der Waals surface area contributed by atoms with Crippen molar-refractivity contribution in [3.05, 3.63) is 24.0 Å². The van der Waals surface area contributed by atoms with Crippen molar-refractivity contribution in [1.82, 2.24) is 10.2 Å². The Kier molecular flexibility index (Phi) is 7.41. The van der Waals surface area contributed by atoms with E-state index in [1.807, 2.05) is 25.7 Å². The van der Waals surface area contributed by atoms with Gasteiger partial charge in [-0.25, -0.2) is 4.39 Å². The van der Waals surface area contributed by atoms with Crippen molar-refractivity contribution in [2.24, 2.45) is 0 Å². The maximum Gasteiger partial charge on any atom is 0.313 e. The van der Waals surface area contributed by atoms with E-state index < -0.39 is 23.2 Å². The largest absolute Gasteiger partial charge is 0.369 e. The van der Waals surface area contributed by atoms with Crippen molar-refractivity contribution in [3.8, 4) is 0 Å². The van der Waals surface area contributed by atoms with Crippen LogP contribution in [-0.2, 0) is 9.59 Å². The summed E-state index contributed by atoms with van der Waals surface area (Å²) < 4.78 is 14.6. The first kappa shape index (κ1) is 22.1. The quantitative estimate of drug-likeness (QED) is 0.731. The average molecular weight is 393 g/mol. The Morgan fingerprint density at radius 3 is 2.39 bits per heavy atom. The van der Waals surface area contributed by atoms with Gasteiger partial charge >= 0.3 is 11.8 Å². The fraction of sp³-hybridized carbons (Fsp3) is 0.619. The molecule has 1 aliphatic rings. The van der Waals surface area contributed by atoms with E-state index in [1.54, 1.807) is 12.1 Å². The fourth-order valence-corrected chi connectivity index (χ4v) is 3.70. The molecular weight excluding hydrogens is 359 g/mol. The summed E-state index contributed by atoms with van der Waals surface area (Å²) in [6, 6.07) is 5.10. The standard InChI is InChI=1S/C21H33FN4O2/c1-6-11-21(2,3)24-20(28)19(27)23-15-7-8-18(17(22)14-15)26-12-9-16(10-13-26)25(4)5/h7-8,14,16H,6,9-13H2,1-5H3,(H,23,27)(H,24,28). The number of carbonyl (C=O) groups excluding carboxylic acids is 2. The Labute approximate surface area is 167 Å². The Bertz CT molecular complexity index is 698. The van der Waals surface area contributed by atoms with Crippen LogP contribution >= 0.6 is 0 Å². The summed E-state index contributed by atoms with van der Waals surface area (Å²) in [5, 5.41) is 5.19. The summed E-state index contributed by atoms with van der Waals surface area (Å²) in [6.07, 6.45) is 3.63. The van der Waals surface area contributed by atoms with E-state index in [9.17, 15) is 14.0 Å². The number of benzene rings is 1. The molecular formula is C21H33FN4O2. The van der Waals surface area contributed by atoms with E-state index in [0.717, 1.165) is 38.8 Å². The molecule has 7 heteroatoms. The average Bonchev–Trinajstić information content (AvgIpc) is 2.61. The highest BCUT2D eigenvalue weighted by Gasteiger charge is 2.25. The summed E-state index contributed by atoms with van der Waals surface area (Å²) in [5.74, 6) is -1.90. The number of hydrogen-bond donors (Lipinski definition) is 2.